The van der Waals surface area contributed by atoms with Gasteiger partial charge in [-0.1, -0.05) is 24.3 Å². The van der Waals surface area contributed by atoms with Gasteiger partial charge in [-0.3, -0.25) is 18.7 Å². The fourth-order valence-corrected chi connectivity index (χ4v) is 7.30. The van der Waals surface area contributed by atoms with E-state index in [1.165, 1.54) is 31.2 Å². The van der Waals surface area contributed by atoms with E-state index in [0.29, 0.717) is 28.6 Å². The molecule has 0 aliphatic carbocycles. The number of ether oxygens (including phenoxy) is 1. The Balaban J connectivity index is 1.81. The lowest BCUT2D eigenvalue weighted by molar-refractivity contribution is -0.128. The Bertz CT molecular complexity index is 2090. The summed E-state index contributed by atoms with van der Waals surface area (Å²) in [5.41, 5.74) is -1.73. The number of Topliss-reactive ketones (excluding diaryl/α,β-unsaturated/α-hetero) is 2. The standard InChI is InChI=1S/C29H21F6N3O8S2/c1-2-37(47(42,43)20-11-7-18(8-12-20)25(40)28(30,31)32)24-15-36-27(23-6-4-3-5-22(23)24)38(16-46-17-39)48(44,45)21-13-9-19(10-14-21)26(41)29(33,34)35/h3-15,17H,2,16H2,1H3. The van der Waals surface area contributed by atoms with E-state index in [1.807, 2.05) is 0 Å². The zero-order valence-electron chi connectivity index (χ0n) is 24.2. The number of carbonyl (C=O) groups is 3. The highest BCUT2D eigenvalue weighted by Crippen LogP contribution is 2.37. The molecule has 0 saturated carbocycles. The molecule has 3 aromatic carbocycles. The first-order valence-corrected chi connectivity index (χ1v) is 16.1. The molecule has 0 aliphatic heterocycles. The predicted molar refractivity (Wildman–Crippen MR) is 157 cm³/mol. The number of fused-ring (bicyclic) bond motifs is 1. The van der Waals surface area contributed by atoms with Crippen molar-refractivity contribution in [2.45, 2.75) is 29.1 Å². The van der Waals surface area contributed by atoms with Crippen molar-refractivity contribution in [3.8, 4) is 0 Å². The molecule has 48 heavy (non-hydrogen) atoms. The Kier molecular flexibility index (Phi) is 9.87. The first-order valence-electron chi connectivity index (χ1n) is 13.3. The second-order valence-corrected chi connectivity index (χ2v) is 13.4. The summed E-state index contributed by atoms with van der Waals surface area (Å²) in [5, 5.41) is 0.0888. The lowest BCUT2D eigenvalue weighted by Crippen LogP contribution is -2.35. The van der Waals surface area contributed by atoms with Crippen LogP contribution in [0.1, 0.15) is 27.6 Å². The Morgan fingerprint density at radius 1 is 0.729 bits per heavy atom. The molecule has 254 valence electrons. The number of hydrogen-bond acceptors (Lipinski definition) is 9. The fourth-order valence-electron chi connectivity index (χ4n) is 4.51. The van der Waals surface area contributed by atoms with Gasteiger partial charge >= 0.3 is 12.4 Å². The van der Waals surface area contributed by atoms with Crippen molar-refractivity contribution >= 4 is 60.4 Å². The topological polar surface area (TPSA) is 148 Å². The number of anilines is 2. The number of carbonyl (C=O) groups excluding carboxylic acids is 3. The van der Waals surface area contributed by atoms with Crippen LogP contribution in [0.3, 0.4) is 0 Å². The Labute approximate surface area is 268 Å². The summed E-state index contributed by atoms with van der Waals surface area (Å²) in [6, 6.07) is 11.5. The van der Waals surface area contributed by atoms with Crippen molar-refractivity contribution in [3.05, 3.63) is 90.1 Å². The predicted octanol–water partition coefficient (Wildman–Crippen LogP) is 5.27. The second-order valence-electron chi connectivity index (χ2n) is 9.63. The summed E-state index contributed by atoms with van der Waals surface area (Å²) in [7, 11) is -9.30. The number of hydrogen-bond donors (Lipinski definition) is 0. The van der Waals surface area contributed by atoms with Crippen molar-refractivity contribution in [1.82, 2.24) is 4.98 Å². The van der Waals surface area contributed by atoms with Gasteiger partial charge in [0.1, 0.15) is 0 Å². The molecule has 0 N–H and O–H groups in total. The SMILES string of the molecule is CCN(c1cnc(N(COC=O)S(=O)(=O)c2ccc(C(=O)C(F)(F)F)cc2)c2ccccc12)S(=O)(=O)c1ccc(C(=O)C(F)(F)F)cc1. The van der Waals surface area contributed by atoms with Gasteiger partial charge < -0.3 is 4.74 Å². The molecule has 4 aromatic rings. The molecular weight excluding hydrogens is 696 g/mol. The van der Waals surface area contributed by atoms with Gasteiger partial charge in [0.15, 0.2) is 12.5 Å². The van der Waals surface area contributed by atoms with Crippen molar-refractivity contribution < 1.29 is 62.3 Å². The summed E-state index contributed by atoms with van der Waals surface area (Å²) in [6.45, 7) is 0.118. The first kappa shape index (κ1) is 35.8. The number of alkyl halides is 6. The number of sulfonamides is 2. The van der Waals surface area contributed by atoms with E-state index >= 15 is 0 Å². The van der Waals surface area contributed by atoms with E-state index in [0.717, 1.165) is 34.8 Å². The van der Waals surface area contributed by atoms with E-state index in [9.17, 15) is 57.6 Å². The minimum Gasteiger partial charge on any atom is -0.445 e. The summed E-state index contributed by atoms with van der Waals surface area (Å²) in [6.07, 6.45) is -9.42. The van der Waals surface area contributed by atoms with Crippen LogP contribution in [0.25, 0.3) is 10.8 Å². The van der Waals surface area contributed by atoms with Crippen LogP contribution in [0.5, 0.6) is 0 Å². The lowest BCUT2D eigenvalue weighted by atomic mass is 10.1. The molecule has 0 unspecified atom stereocenters. The Hall–Kier alpha value is -5.04. The smallest absolute Gasteiger partial charge is 0.445 e. The third-order valence-corrected chi connectivity index (χ3v) is 10.4. The summed E-state index contributed by atoms with van der Waals surface area (Å²) >= 11 is 0. The normalized spacial score (nSPS) is 12.4. The minimum atomic E-state index is -5.22. The summed E-state index contributed by atoms with van der Waals surface area (Å²) in [4.78, 5) is 37.2. The van der Waals surface area contributed by atoms with Gasteiger partial charge in [0.05, 0.1) is 21.7 Å². The Morgan fingerprint density at radius 2 is 1.17 bits per heavy atom. The molecule has 0 atom stereocenters. The molecule has 4 rings (SSSR count). The lowest BCUT2D eigenvalue weighted by Gasteiger charge is -2.27. The molecule has 0 saturated heterocycles. The highest BCUT2D eigenvalue weighted by molar-refractivity contribution is 7.93. The average Bonchev–Trinajstić information content (AvgIpc) is 3.04. The van der Waals surface area contributed by atoms with Crippen LogP contribution < -0.4 is 8.61 Å². The van der Waals surface area contributed by atoms with Crippen molar-refractivity contribution in [2.75, 3.05) is 21.9 Å². The van der Waals surface area contributed by atoms with Gasteiger partial charge in [0.25, 0.3) is 38.1 Å². The van der Waals surface area contributed by atoms with Crippen LogP contribution in [0.15, 0.2) is 88.8 Å². The quantitative estimate of drug-likeness (QED) is 0.0828. The van der Waals surface area contributed by atoms with E-state index in [2.05, 4.69) is 4.98 Å². The van der Waals surface area contributed by atoms with Gasteiger partial charge in [-0.2, -0.15) is 26.3 Å². The number of ketones is 2. The summed E-state index contributed by atoms with van der Waals surface area (Å²) < 4.78 is 138. The highest BCUT2D eigenvalue weighted by Gasteiger charge is 2.40. The van der Waals surface area contributed by atoms with E-state index in [-0.39, 0.29) is 29.5 Å². The number of halogens is 6. The maximum atomic E-state index is 13.7. The van der Waals surface area contributed by atoms with E-state index in [4.69, 9.17) is 4.74 Å². The molecule has 0 fully saturated rings. The van der Waals surface area contributed by atoms with Crippen LogP contribution in [-0.4, -0.2) is 65.5 Å². The third-order valence-electron chi connectivity index (χ3n) is 6.73. The number of nitrogens with zero attached hydrogens (tertiary/aromatic N) is 3. The molecule has 11 nitrogen and oxygen atoms in total. The molecule has 0 radical (unpaired) electrons. The first-order chi connectivity index (χ1) is 22.3. The second kappa shape index (κ2) is 13.2. The maximum Gasteiger partial charge on any atom is 0.454 e. The summed E-state index contributed by atoms with van der Waals surface area (Å²) in [5.74, 6) is -4.78. The number of benzene rings is 3. The fraction of sp³-hybridized carbons (Fsp3) is 0.172. The third kappa shape index (κ3) is 6.96. The van der Waals surface area contributed by atoms with Gasteiger partial charge in [0.2, 0.25) is 0 Å². The monoisotopic (exact) mass is 717 g/mol. The maximum absolute atomic E-state index is 13.7. The van der Waals surface area contributed by atoms with Gasteiger partial charge in [-0.05, 0) is 55.5 Å². The molecule has 0 spiro atoms. The van der Waals surface area contributed by atoms with Crippen molar-refractivity contribution in [3.63, 3.8) is 0 Å². The molecule has 1 heterocycles. The molecule has 0 aliphatic rings. The number of rotatable bonds is 12. The van der Waals surface area contributed by atoms with Crippen LogP contribution in [-0.2, 0) is 29.6 Å². The highest BCUT2D eigenvalue weighted by atomic mass is 32.2. The van der Waals surface area contributed by atoms with Crippen molar-refractivity contribution in [2.24, 2.45) is 0 Å². The van der Waals surface area contributed by atoms with Crippen LogP contribution in [0, 0.1) is 0 Å². The van der Waals surface area contributed by atoms with Gasteiger partial charge in [-0.25, -0.2) is 26.1 Å². The van der Waals surface area contributed by atoms with E-state index < -0.39 is 77.4 Å². The molecule has 19 heteroatoms. The van der Waals surface area contributed by atoms with Crippen molar-refractivity contribution in [1.29, 1.82) is 0 Å². The van der Waals surface area contributed by atoms with Crippen LogP contribution in [0.2, 0.25) is 0 Å². The molecule has 0 bridgehead atoms. The zero-order chi connectivity index (χ0) is 35.7. The number of aromatic nitrogens is 1. The van der Waals surface area contributed by atoms with E-state index in [1.54, 1.807) is 0 Å². The van der Waals surface area contributed by atoms with Crippen LogP contribution in [0.4, 0.5) is 37.8 Å². The van der Waals surface area contributed by atoms with Crippen LogP contribution >= 0.6 is 0 Å². The molecular formula is C29H21F6N3O8S2. The zero-order valence-corrected chi connectivity index (χ0v) is 25.8. The van der Waals surface area contributed by atoms with Gasteiger partial charge in [-0.15, -0.1) is 0 Å². The largest absolute Gasteiger partial charge is 0.454 e. The molecule has 0 amide bonds. The minimum absolute atomic E-state index is 0.00304. The Morgan fingerprint density at radius 3 is 1.58 bits per heavy atom. The number of pyridine rings is 1. The molecule has 1 aromatic heterocycles. The van der Waals surface area contributed by atoms with Gasteiger partial charge in [0, 0.05) is 28.4 Å². The average molecular weight is 718 g/mol.